The molecule has 0 fully saturated rings. The molecule has 0 unspecified atom stereocenters. The Bertz CT molecular complexity index is 2130. The van der Waals surface area contributed by atoms with Crippen LogP contribution in [0.25, 0.3) is 0 Å². The van der Waals surface area contributed by atoms with Crippen LogP contribution >= 0.6 is 0 Å². The monoisotopic (exact) mass is 1070 g/mol. The number of hydrogen-bond donors (Lipinski definition) is 16. The third-order valence-electron chi connectivity index (χ3n) is 11.8. The zero-order valence-electron chi connectivity index (χ0n) is 43.6. The van der Waals surface area contributed by atoms with E-state index in [1.54, 1.807) is 33.8 Å². The molecule has 21 N–H and O–H groups in total. The molecule has 28 heteroatoms. The van der Waals surface area contributed by atoms with E-state index in [-0.39, 0.29) is 55.6 Å². The van der Waals surface area contributed by atoms with Gasteiger partial charge < -0.3 is 91.0 Å². The number of primary amides is 2. The molecule has 0 spiro atoms. The lowest BCUT2D eigenvalue weighted by molar-refractivity contribution is -0.157. The normalized spacial score (nSPS) is 16.5. The number of ether oxygens (including phenoxy) is 1. The molecule has 0 radical (unpaired) electrons. The van der Waals surface area contributed by atoms with Crippen molar-refractivity contribution in [3.63, 3.8) is 0 Å². The van der Waals surface area contributed by atoms with Crippen LogP contribution in [0.3, 0.4) is 0 Å². The number of aliphatic imine (C=N–C) groups is 1. The zero-order chi connectivity index (χ0) is 57.4. The zero-order valence-corrected chi connectivity index (χ0v) is 43.6. The highest BCUT2D eigenvalue weighted by molar-refractivity contribution is 5.98. The van der Waals surface area contributed by atoms with Gasteiger partial charge in [0.25, 0.3) is 0 Å². The Morgan fingerprint density at radius 3 is 1.71 bits per heavy atom. The van der Waals surface area contributed by atoms with E-state index in [2.05, 4.69) is 31.6 Å². The summed E-state index contributed by atoms with van der Waals surface area (Å²) in [4.78, 5) is 136. The highest BCUT2D eigenvalue weighted by Crippen LogP contribution is 2.21. The summed E-state index contributed by atoms with van der Waals surface area (Å²) in [6.07, 6.45) is -6.13. The van der Waals surface area contributed by atoms with Crippen LogP contribution in [0.15, 0.2) is 35.3 Å². The molecule has 13 atom stereocenters. The Labute approximate surface area is 435 Å². The van der Waals surface area contributed by atoms with Gasteiger partial charge in [0.1, 0.15) is 36.3 Å². The molecule has 75 heavy (non-hydrogen) atoms. The van der Waals surface area contributed by atoms with Gasteiger partial charge in [-0.1, -0.05) is 85.2 Å². The van der Waals surface area contributed by atoms with E-state index in [1.807, 2.05) is 24.5 Å². The van der Waals surface area contributed by atoms with E-state index in [1.165, 1.54) is 31.2 Å². The highest BCUT2D eigenvalue weighted by Gasteiger charge is 2.39. The van der Waals surface area contributed by atoms with Crippen LogP contribution in [0.2, 0.25) is 0 Å². The fourth-order valence-corrected chi connectivity index (χ4v) is 7.13. The van der Waals surface area contributed by atoms with Gasteiger partial charge in [0.15, 0.2) is 24.2 Å². The van der Waals surface area contributed by atoms with Gasteiger partial charge in [-0.15, -0.1) is 0 Å². The fraction of sp³-hybridized carbons (Fsp3) is 0.638. The lowest BCUT2D eigenvalue weighted by Gasteiger charge is -2.30. The van der Waals surface area contributed by atoms with E-state index in [9.17, 15) is 68.4 Å². The van der Waals surface area contributed by atoms with Gasteiger partial charge in [-0.2, -0.15) is 0 Å². The van der Waals surface area contributed by atoms with Crippen molar-refractivity contribution in [3.8, 4) is 0 Å². The third-order valence-corrected chi connectivity index (χ3v) is 11.8. The van der Waals surface area contributed by atoms with Crippen molar-refractivity contribution in [2.75, 3.05) is 19.7 Å². The van der Waals surface area contributed by atoms with Gasteiger partial charge in [-0.05, 0) is 49.5 Å². The average molecular weight is 1070 g/mol. The first kappa shape index (κ1) is 66.0. The van der Waals surface area contributed by atoms with E-state index in [4.69, 9.17) is 33.4 Å². The van der Waals surface area contributed by atoms with Crippen LogP contribution in [0.5, 0.6) is 0 Å². The molecule has 0 aliphatic carbocycles. The number of aliphatic hydroxyl groups excluding tert-OH is 4. The molecule has 0 saturated heterocycles. The first-order valence-electron chi connectivity index (χ1n) is 24.4. The number of carbonyl (C=O) groups excluding carboxylic acids is 10. The summed E-state index contributed by atoms with van der Waals surface area (Å²) in [5, 5.41) is 58.0. The second kappa shape index (κ2) is 32.3. The Morgan fingerprint density at radius 2 is 1.20 bits per heavy atom. The number of esters is 1. The Hall–Kier alpha value is -7.01. The van der Waals surface area contributed by atoms with Gasteiger partial charge >= 0.3 is 5.97 Å². The van der Waals surface area contributed by atoms with Gasteiger partial charge in [-0.3, -0.25) is 48.1 Å². The predicted octanol–water partition coefficient (Wildman–Crippen LogP) is -5.87. The maximum atomic E-state index is 14.1. The number of amides is 9. The standard InChI is InChI=1S/C47H79N13O15/c1-9-23(6)32(59-41(69)27(16-13-17-53-47(51)52)55-42(70)28(18-21(2)3)56-40(68)24(7)35(64)22(4)5)44(72)60-33(25(8)62)43(71)54-19-30(63)58-34(36(65)39(50)67)45(73)57-29(20-61)46(74)75-37(31(48)38(49)66)26-14-11-10-12-15-26/h10-12,14-15,21-25,27-29,31-37,61-62,64-65H,9,13,16-20,48H2,1-8H3,(H2,49,66)(H2,50,67)(H,54,71)(H,55,70)(H,56,68)(H,57,73)(H,58,63)(H,59,69)(H,60,72)(H4,51,52,53)/t23-,24-,25-,27+,28-,29-,31-,32-,33-,34-,35+,36-,37+/m0/s1. The van der Waals surface area contributed by atoms with E-state index in [0.29, 0.717) is 0 Å². The van der Waals surface area contributed by atoms with Crippen LogP contribution in [-0.4, -0.2) is 166 Å². The number of rotatable bonds is 33. The quantitative estimate of drug-likeness (QED) is 0.0135. The van der Waals surface area contributed by atoms with E-state index < -0.39 is 151 Å². The van der Waals surface area contributed by atoms with Crippen molar-refractivity contribution in [3.05, 3.63) is 35.9 Å². The largest absolute Gasteiger partial charge is 0.454 e. The number of nitrogens with one attached hydrogen (secondary N) is 7. The number of aliphatic hydroxyl groups is 4. The minimum absolute atomic E-state index is 0.0457. The van der Waals surface area contributed by atoms with Crippen molar-refractivity contribution in [1.29, 1.82) is 0 Å². The number of carbonyl (C=O) groups is 10. The maximum absolute atomic E-state index is 14.1. The van der Waals surface area contributed by atoms with Crippen LogP contribution in [0.1, 0.15) is 92.7 Å². The summed E-state index contributed by atoms with van der Waals surface area (Å²) in [6.45, 7) is 10.9. The molecule has 0 saturated carbocycles. The van der Waals surface area contributed by atoms with Gasteiger partial charge in [0.2, 0.25) is 53.2 Å². The first-order valence-corrected chi connectivity index (χ1v) is 24.4. The Morgan fingerprint density at radius 1 is 0.653 bits per heavy atom. The summed E-state index contributed by atoms with van der Waals surface area (Å²) in [5.74, 6) is -13.2. The van der Waals surface area contributed by atoms with Crippen LogP contribution in [0, 0.1) is 23.7 Å². The SMILES string of the molecule is CC[C@H](C)[C@H](NC(=O)[C@@H](CCCN=C(N)N)NC(=O)[C@H](CC(C)C)NC(=O)[C@@H](C)[C@H](O)C(C)C)C(=O)N[C@H](C(=O)NCC(=O)N[C@H](C(=O)N[C@@H](CO)C(=O)O[C@H](c1ccccc1)[C@H](N)C(N)=O)[C@H](O)C(N)=O)[C@H](C)O. The average Bonchev–Trinajstić information content (AvgIpc) is 3.35. The molecule has 422 valence electrons. The molecule has 28 nitrogen and oxygen atoms in total. The molecule has 0 aliphatic rings. The summed E-state index contributed by atoms with van der Waals surface area (Å²) < 4.78 is 5.32. The van der Waals surface area contributed by atoms with Crippen molar-refractivity contribution in [1.82, 2.24) is 37.2 Å². The summed E-state index contributed by atoms with van der Waals surface area (Å²) in [7, 11) is 0. The molecule has 0 bridgehead atoms. The van der Waals surface area contributed by atoms with Crippen molar-refractivity contribution in [2.24, 2.45) is 57.3 Å². The Kier molecular flexibility index (Phi) is 28.5. The minimum atomic E-state index is -2.47. The molecular formula is C47H79N13O15. The lowest BCUT2D eigenvalue weighted by atomic mass is 9.93. The van der Waals surface area contributed by atoms with E-state index in [0.717, 1.165) is 6.92 Å². The predicted molar refractivity (Wildman–Crippen MR) is 270 cm³/mol. The molecule has 1 rings (SSSR count). The number of benzene rings is 1. The third kappa shape index (κ3) is 22.2. The van der Waals surface area contributed by atoms with Crippen LogP contribution in [-0.2, 0) is 52.7 Å². The summed E-state index contributed by atoms with van der Waals surface area (Å²) in [6, 6.07) is -3.96. The number of guanidine groups is 1. The van der Waals surface area contributed by atoms with Crippen molar-refractivity contribution >= 4 is 65.1 Å². The molecule has 1 aromatic carbocycles. The van der Waals surface area contributed by atoms with Gasteiger partial charge in [-0.25, -0.2) is 4.79 Å². The topological polar surface area (TPSA) is 488 Å². The van der Waals surface area contributed by atoms with Gasteiger partial charge in [0, 0.05) is 6.54 Å². The van der Waals surface area contributed by atoms with Crippen molar-refractivity contribution in [2.45, 2.75) is 148 Å². The highest BCUT2D eigenvalue weighted by atomic mass is 16.5. The molecule has 0 aromatic heterocycles. The molecule has 0 heterocycles. The maximum Gasteiger partial charge on any atom is 0.331 e. The second-order valence-corrected chi connectivity index (χ2v) is 18.9. The summed E-state index contributed by atoms with van der Waals surface area (Å²) >= 11 is 0. The minimum Gasteiger partial charge on any atom is -0.454 e. The number of nitrogens with zero attached hydrogens (tertiary/aromatic N) is 1. The van der Waals surface area contributed by atoms with Crippen LogP contribution in [0.4, 0.5) is 0 Å². The fourth-order valence-electron chi connectivity index (χ4n) is 7.13. The smallest absolute Gasteiger partial charge is 0.331 e. The Balaban J connectivity index is 3.31. The number of nitrogens with two attached hydrogens (primary N) is 5. The van der Waals surface area contributed by atoms with Crippen LogP contribution < -0.4 is 65.9 Å². The number of hydrogen-bond acceptors (Lipinski definition) is 17. The van der Waals surface area contributed by atoms with E-state index >= 15 is 0 Å². The molecule has 0 aliphatic heterocycles. The van der Waals surface area contributed by atoms with Crippen molar-refractivity contribution < 1.29 is 73.1 Å². The molecule has 1 aromatic rings. The molecular weight excluding hydrogens is 987 g/mol. The van der Waals surface area contributed by atoms with Gasteiger partial charge in [0.05, 0.1) is 31.3 Å². The summed E-state index contributed by atoms with van der Waals surface area (Å²) in [5.41, 5.74) is 27.5. The molecule has 9 amide bonds. The lowest BCUT2D eigenvalue weighted by Crippen LogP contribution is -2.62. The second-order valence-electron chi connectivity index (χ2n) is 18.9. The first-order chi connectivity index (χ1) is 35.0.